The second kappa shape index (κ2) is 9.80. The Morgan fingerprint density at radius 3 is 2.68 bits per heavy atom. The maximum absolute atomic E-state index is 12.9. The lowest BCUT2D eigenvalue weighted by Crippen LogP contribution is -2.25. The Hall–Kier alpha value is -2.99. The van der Waals surface area contributed by atoms with E-state index in [0.29, 0.717) is 36.6 Å². The monoisotopic (exact) mass is 378 g/mol. The molecule has 3 aromatic rings. The molecule has 0 amide bonds. The van der Waals surface area contributed by atoms with E-state index in [0.717, 1.165) is 18.4 Å². The normalized spacial score (nSPS) is 11.4. The van der Waals surface area contributed by atoms with E-state index in [2.05, 4.69) is 34.6 Å². The molecule has 1 N–H and O–H groups in total. The van der Waals surface area contributed by atoms with Gasteiger partial charge in [-0.3, -0.25) is 9.36 Å². The maximum atomic E-state index is 12.9. The average molecular weight is 378 g/mol. The number of nitrogens with zero attached hydrogens (tertiary/aromatic N) is 3. The van der Waals surface area contributed by atoms with Crippen molar-refractivity contribution in [2.75, 3.05) is 18.6 Å². The summed E-state index contributed by atoms with van der Waals surface area (Å²) in [5, 5.41) is 4.89. The van der Waals surface area contributed by atoms with Crippen LogP contribution >= 0.6 is 0 Å². The van der Waals surface area contributed by atoms with E-state index < -0.39 is 0 Å². The molecule has 3 rings (SSSR count). The summed E-state index contributed by atoms with van der Waals surface area (Å²) in [5.74, 6) is 0.432. The maximum Gasteiger partial charge on any atom is 0.262 e. The zero-order valence-corrected chi connectivity index (χ0v) is 16.4. The number of benzene rings is 2. The minimum atomic E-state index is -0.0768. The SMILES string of the molecule is CCOCCCn1c(N/N=C\c2ccc(CC)cc2)nc2ccccc2c1=O. The summed E-state index contributed by atoms with van der Waals surface area (Å²) in [6.45, 7) is 5.86. The Balaban J connectivity index is 1.84. The molecule has 1 aromatic heterocycles. The Labute approximate surface area is 164 Å². The summed E-state index contributed by atoms with van der Waals surface area (Å²) in [5.41, 5.74) is 5.78. The van der Waals surface area contributed by atoms with E-state index in [1.807, 2.05) is 37.3 Å². The second-order valence-corrected chi connectivity index (χ2v) is 6.42. The lowest BCUT2D eigenvalue weighted by atomic mass is 10.1. The third kappa shape index (κ3) is 4.84. The number of hydrogen-bond acceptors (Lipinski definition) is 5. The van der Waals surface area contributed by atoms with Crippen molar-refractivity contribution in [2.45, 2.75) is 33.2 Å². The third-order valence-corrected chi connectivity index (χ3v) is 4.50. The van der Waals surface area contributed by atoms with E-state index in [-0.39, 0.29) is 5.56 Å². The van der Waals surface area contributed by atoms with Crippen LogP contribution in [0.25, 0.3) is 10.9 Å². The van der Waals surface area contributed by atoms with Crippen molar-refractivity contribution < 1.29 is 4.74 Å². The highest BCUT2D eigenvalue weighted by atomic mass is 16.5. The number of hydrogen-bond donors (Lipinski definition) is 1. The lowest BCUT2D eigenvalue weighted by Gasteiger charge is -2.12. The molecule has 0 unspecified atom stereocenters. The molecule has 146 valence electrons. The highest BCUT2D eigenvalue weighted by molar-refractivity contribution is 5.81. The van der Waals surface area contributed by atoms with Crippen molar-refractivity contribution in [1.29, 1.82) is 0 Å². The Kier molecular flexibility index (Phi) is 6.92. The van der Waals surface area contributed by atoms with E-state index in [9.17, 15) is 4.79 Å². The van der Waals surface area contributed by atoms with Crippen LogP contribution in [-0.4, -0.2) is 29.0 Å². The number of aromatic nitrogens is 2. The van der Waals surface area contributed by atoms with Gasteiger partial charge < -0.3 is 4.74 Å². The van der Waals surface area contributed by atoms with Crippen molar-refractivity contribution >= 4 is 23.1 Å². The molecular weight excluding hydrogens is 352 g/mol. The van der Waals surface area contributed by atoms with Gasteiger partial charge >= 0.3 is 0 Å². The molecule has 0 radical (unpaired) electrons. The van der Waals surface area contributed by atoms with Gasteiger partial charge in [0.05, 0.1) is 17.1 Å². The van der Waals surface area contributed by atoms with Gasteiger partial charge in [0, 0.05) is 19.8 Å². The number of hydrazone groups is 1. The predicted octanol–water partition coefficient (Wildman–Crippen LogP) is 3.83. The molecule has 0 atom stereocenters. The van der Waals surface area contributed by atoms with Crippen LogP contribution in [0.1, 0.15) is 31.4 Å². The van der Waals surface area contributed by atoms with Crippen molar-refractivity contribution in [2.24, 2.45) is 5.10 Å². The summed E-state index contributed by atoms with van der Waals surface area (Å²) < 4.78 is 7.02. The standard InChI is InChI=1S/C22H26N4O2/c1-3-17-10-12-18(13-11-17)16-23-25-22-24-20-9-6-5-8-19(20)21(27)26(22)14-7-15-28-4-2/h5-6,8-13,16H,3-4,7,14-15H2,1-2H3,(H,24,25)/b23-16-. The summed E-state index contributed by atoms with van der Waals surface area (Å²) in [4.78, 5) is 17.5. The fourth-order valence-electron chi connectivity index (χ4n) is 2.93. The highest BCUT2D eigenvalue weighted by Gasteiger charge is 2.10. The number of anilines is 1. The average Bonchev–Trinajstić information content (AvgIpc) is 2.73. The van der Waals surface area contributed by atoms with Crippen LogP contribution in [-0.2, 0) is 17.7 Å². The molecule has 0 aliphatic carbocycles. The number of para-hydroxylation sites is 1. The highest BCUT2D eigenvalue weighted by Crippen LogP contribution is 2.12. The van der Waals surface area contributed by atoms with Gasteiger partial charge in [-0.15, -0.1) is 0 Å². The molecular formula is C22H26N4O2. The molecule has 0 aliphatic rings. The van der Waals surface area contributed by atoms with Gasteiger partial charge in [0.2, 0.25) is 5.95 Å². The summed E-state index contributed by atoms with van der Waals surface area (Å²) in [6.07, 6.45) is 3.46. The Morgan fingerprint density at radius 1 is 1.14 bits per heavy atom. The van der Waals surface area contributed by atoms with Crippen molar-refractivity contribution in [3.8, 4) is 0 Å². The minimum Gasteiger partial charge on any atom is -0.382 e. The Bertz CT molecular complexity index is 994. The molecule has 6 heteroatoms. The molecule has 1 heterocycles. The van der Waals surface area contributed by atoms with Crippen molar-refractivity contribution in [3.05, 3.63) is 70.0 Å². The number of nitrogens with one attached hydrogen (secondary N) is 1. The van der Waals surface area contributed by atoms with Crippen LogP contribution in [0.4, 0.5) is 5.95 Å². The topological polar surface area (TPSA) is 68.5 Å². The summed E-state index contributed by atoms with van der Waals surface area (Å²) in [7, 11) is 0. The van der Waals surface area contributed by atoms with Gasteiger partial charge in [-0.2, -0.15) is 5.10 Å². The van der Waals surface area contributed by atoms with Crippen LogP contribution in [0.3, 0.4) is 0 Å². The van der Waals surface area contributed by atoms with E-state index >= 15 is 0 Å². The quantitative estimate of drug-likeness (QED) is 0.349. The third-order valence-electron chi connectivity index (χ3n) is 4.50. The molecule has 2 aromatic carbocycles. The minimum absolute atomic E-state index is 0.0768. The number of fused-ring (bicyclic) bond motifs is 1. The first-order chi connectivity index (χ1) is 13.7. The fraction of sp³-hybridized carbons (Fsp3) is 0.318. The number of rotatable bonds is 9. The molecule has 28 heavy (non-hydrogen) atoms. The van der Waals surface area contributed by atoms with E-state index in [1.54, 1.807) is 16.8 Å². The molecule has 0 spiro atoms. The van der Waals surface area contributed by atoms with Crippen molar-refractivity contribution in [3.63, 3.8) is 0 Å². The molecule has 6 nitrogen and oxygen atoms in total. The second-order valence-electron chi connectivity index (χ2n) is 6.42. The molecule has 0 fully saturated rings. The molecule has 0 bridgehead atoms. The zero-order chi connectivity index (χ0) is 19.8. The van der Waals surface area contributed by atoms with Crippen LogP contribution in [0.5, 0.6) is 0 Å². The lowest BCUT2D eigenvalue weighted by molar-refractivity contribution is 0.141. The van der Waals surface area contributed by atoms with Gasteiger partial charge in [0.25, 0.3) is 5.56 Å². The van der Waals surface area contributed by atoms with Gasteiger partial charge in [-0.1, -0.05) is 43.3 Å². The van der Waals surface area contributed by atoms with Crippen LogP contribution in [0, 0.1) is 0 Å². The van der Waals surface area contributed by atoms with Crippen LogP contribution < -0.4 is 11.0 Å². The van der Waals surface area contributed by atoms with Crippen LogP contribution in [0.2, 0.25) is 0 Å². The first-order valence-electron chi connectivity index (χ1n) is 9.68. The van der Waals surface area contributed by atoms with E-state index in [1.165, 1.54) is 5.56 Å². The molecule has 0 aliphatic heterocycles. The van der Waals surface area contributed by atoms with Crippen LogP contribution in [0.15, 0.2) is 58.4 Å². The molecule has 0 saturated carbocycles. The van der Waals surface area contributed by atoms with Crippen molar-refractivity contribution in [1.82, 2.24) is 9.55 Å². The summed E-state index contributed by atoms with van der Waals surface area (Å²) >= 11 is 0. The van der Waals surface area contributed by atoms with Gasteiger partial charge in [-0.25, -0.2) is 10.4 Å². The number of ether oxygens (including phenoxy) is 1. The van der Waals surface area contributed by atoms with Gasteiger partial charge in [-0.05, 0) is 43.0 Å². The van der Waals surface area contributed by atoms with E-state index in [4.69, 9.17) is 4.74 Å². The number of aryl methyl sites for hydroxylation is 1. The first kappa shape index (κ1) is 19.8. The molecule has 0 saturated heterocycles. The smallest absolute Gasteiger partial charge is 0.262 e. The summed E-state index contributed by atoms with van der Waals surface area (Å²) in [6, 6.07) is 15.6. The zero-order valence-electron chi connectivity index (χ0n) is 16.4. The first-order valence-corrected chi connectivity index (χ1v) is 9.68. The predicted molar refractivity (Wildman–Crippen MR) is 114 cm³/mol. The Morgan fingerprint density at radius 2 is 1.93 bits per heavy atom. The fourth-order valence-corrected chi connectivity index (χ4v) is 2.93. The van der Waals surface area contributed by atoms with Gasteiger partial charge in [0.1, 0.15) is 0 Å². The van der Waals surface area contributed by atoms with Gasteiger partial charge in [0.15, 0.2) is 0 Å². The largest absolute Gasteiger partial charge is 0.382 e.